The predicted molar refractivity (Wildman–Crippen MR) is 85.8 cm³/mol. The minimum absolute atomic E-state index is 0.133. The van der Waals surface area contributed by atoms with Crippen molar-refractivity contribution in [3.8, 4) is 11.8 Å². The lowest BCUT2D eigenvalue weighted by Crippen LogP contribution is -2.24. The van der Waals surface area contributed by atoms with E-state index in [0.717, 1.165) is 5.56 Å². The normalized spacial score (nSPS) is 9.55. The molecule has 0 aliphatic carbocycles. The standard InChI is InChI=1S/C16H12Cl2N2O2/c17-13-9-14(18)15(20-10-13)7-4-8-19-16(21)22-11-12-5-2-1-3-6-12/h1-3,5-6,9-10H,8,11H2,(H,19,21). The monoisotopic (exact) mass is 334 g/mol. The summed E-state index contributed by atoms with van der Waals surface area (Å²) >= 11 is 11.7. The number of amides is 1. The van der Waals surface area contributed by atoms with Gasteiger partial charge in [-0.1, -0.05) is 59.5 Å². The molecule has 0 spiro atoms. The Hall–Kier alpha value is -2.22. The molecule has 0 aliphatic rings. The molecule has 6 heteroatoms. The molecule has 0 unspecified atom stereocenters. The van der Waals surface area contributed by atoms with E-state index in [1.807, 2.05) is 30.3 Å². The molecule has 0 saturated carbocycles. The zero-order valence-electron chi connectivity index (χ0n) is 11.5. The van der Waals surface area contributed by atoms with Crippen molar-refractivity contribution in [2.75, 3.05) is 6.54 Å². The van der Waals surface area contributed by atoms with Gasteiger partial charge in [-0.25, -0.2) is 9.78 Å². The maximum Gasteiger partial charge on any atom is 0.408 e. The van der Waals surface area contributed by atoms with Crippen molar-refractivity contribution in [3.63, 3.8) is 0 Å². The molecule has 22 heavy (non-hydrogen) atoms. The topological polar surface area (TPSA) is 51.2 Å². The lowest BCUT2D eigenvalue weighted by Gasteiger charge is -2.04. The van der Waals surface area contributed by atoms with E-state index in [4.69, 9.17) is 27.9 Å². The lowest BCUT2D eigenvalue weighted by molar-refractivity contribution is 0.141. The van der Waals surface area contributed by atoms with Gasteiger partial charge in [-0.05, 0) is 17.6 Å². The van der Waals surface area contributed by atoms with Crippen LogP contribution in [0, 0.1) is 11.8 Å². The molecule has 1 heterocycles. The Balaban J connectivity index is 1.76. The third-order valence-corrected chi connectivity index (χ3v) is 3.04. The summed E-state index contributed by atoms with van der Waals surface area (Å²) in [5.74, 6) is 5.49. The van der Waals surface area contributed by atoms with Gasteiger partial charge < -0.3 is 10.1 Å². The highest BCUT2D eigenvalue weighted by molar-refractivity contribution is 6.35. The SMILES string of the molecule is O=C(NCC#Cc1ncc(Cl)cc1Cl)OCc1ccccc1. The van der Waals surface area contributed by atoms with Crippen molar-refractivity contribution in [2.45, 2.75) is 6.61 Å². The number of carbonyl (C=O) groups excluding carboxylic acids is 1. The number of alkyl carbamates (subject to hydrolysis) is 1. The molecule has 0 aliphatic heterocycles. The Labute approximate surface area is 138 Å². The molecule has 2 aromatic rings. The Morgan fingerprint density at radius 3 is 2.77 bits per heavy atom. The number of aromatic nitrogens is 1. The number of halogens is 2. The highest BCUT2D eigenvalue weighted by Gasteiger charge is 2.01. The highest BCUT2D eigenvalue weighted by atomic mass is 35.5. The summed E-state index contributed by atoms with van der Waals surface area (Å²) in [5.41, 5.74) is 1.33. The summed E-state index contributed by atoms with van der Waals surface area (Å²) in [6, 6.07) is 11.0. The van der Waals surface area contributed by atoms with Gasteiger partial charge in [0.1, 0.15) is 12.3 Å². The van der Waals surface area contributed by atoms with Gasteiger partial charge in [0.2, 0.25) is 0 Å². The van der Waals surface area contributed by atoms with Crippen molar-refractivity contribution < 1.29 is 9.53 Å². The average Bonchev–Trinajstić information content (AvgIpc) is 2.52. The van der Waals surface area contributed by atoms with Crippen molar-refractivity contribution >= 4 is 29.3 Å². The Morgan fingerprint density at radius 2 is 2.05 bits per heavy atom. The van der Waals surface area contributed by atoms with Crippen LogP contribution in [0.4, 0.5) is 4.79 Å². The molecule has 2 rings (SSSR count). The lowest BCUT2D eigenvalue weighted by atomic mass is 10.2. The number of hydrogen-bond acceptors (Lipinski definition) is 3. The molecule has 1 amide bonds. The van der Waals surface area contributed by atoms with E-state index >= 15 is 0 Å². The minimum Gasteiger partial charge on any atom is -0.445 e. The summed E-state index contributed by atoms with van der Waals surface area (Å²) in [5, 5.41) is 3.33. The van der Waals surface area contributed by atoms with E-state index in [9.17, 15) is 4.79 Å². The van der Waals surface area contributed by atoms with Gasteiger partial charge in [-0.2, -0.15) is 0 Å². The van der Waals surface area contributed by atoms with Crippen LogP contribution in [0.1, 0.15) is 11.3 Å². The average molecular weight is 335 g/mol. The zero-order valence-corrected chi connectivity index (χ0v) is 13.0. The summed E-state index contributed by atoms with van der Waals surface area (Å²) in [6.45, 7) is 0.346. The fourth-order valence-corrected chi connectivity index (χ4v) is 1.95. The van der Waals surface area contributed by atoms with Gasteiger partial charge in [0.15, 0.2) is 0 Å². The molecule has 0 atom stereocenters. The largest absolute Gasteiger partial charge is 0.445 e. The number of benzene rings is 1. The molecule has 112 valence electrons. The van der Waals surface area contributed by atoms with E-state index in [2.05, 4.69) is 22.1 Å². The second kappa shape index (κ2) is 8.28. The summed E-state index contributed by atoms with van der Waals surface area (Å²) < 4.78 is 5.04. The van der Waals surface area contributed by atoms with Crippen LogP contribution in [-0.2, 0) is 11.3 Å². The van der Waals surface area contributed by atoms with Crippen LogP contribution in [0.25, 0.3) is 0 Å². The van der Waals surface area contributed by atoms with Gasteiger partial charge in [0.05, 0.1) is 16.6 Å². The first kappa shape index (κ1) is 16.2. The third kappa shape index (κ3) is 5.28. The smallest absolute Gasteiger partial charge is 0.408 e. The van der Waals surface area contributed by atoms with E-state index < -0.39 is 6.09 Å². The van der Waals surface area contributed by atoms with E-state index in [-0.39, 0.29) is 13.2 Å². The van der Waals surface area contributed by atoms with Crippen molar-refractivity contribution in [2.24, 2.45) is 0 Å². The number of hydrogen-bond donors (Lipinski definition) is 1. The van der Waals surface area contributed by atoms with Crippen LogP contribution < -0.4 is 5.32 Å². The van der Waals surface area contributed by atoms with E-state index in [1.165, 1.54) is 6.20 Å². The molecule has 1 aromatic heterocycles. The number of nitrogens with one attached hydrogen (secondary N) is 1. The molecule has 0 radical (unpaired) electrons. The molecule has 0 bridgehead atoms. The second-order valence-corrected chi connectivity index (χ2v) is 5.04. The third-order valence-electron chi connectivity index (χ3n) is 2.55. The number of pyridine rings is 1. The molecule has 0 saturated heterocycles. The highest BCUT2D eigenvalue weighted by Crippen LogP contribution is 2.17. The van der Waals surface area contributed by atoms with Gasteiger partial charge in [-0.15, -0.1) is 0 Å². The predicted octanol–water partition coefficient (Wildman–Crippen LogP) is 3.67. The van der Waals surface area contributed by atoms with Crippen LogP contribution in [0.5, 0.6) is 0 Å². The van der Waals surface area contributed by atoms with Crippen LogP contribution >= 0.6 is 23.2 Å². The molecular weight excluding hydrogens is 323 g/mol. The quantitative estimate of drug-likeness (QED) is 0.871. The summed E-state index contributed by atoms with van der Waals surface area (Å²) in [7, 11) is 0. The van der Waals surface area contributed by atoms with E-state index in [0.29, 0.717) is 15.7 Å². The van der Waals surface area contributed by atoms with Gasteiger partial charge >= 0.3 is 6.09 Å². The van der Waals surface area contributed by atoms with Crippen molar-refractivity contribution in [1.29, 1.82) is 0 Å². The van der Waals surface area contributed by atoms with Crippen molar-refractivity contribution in [3.05, 3.63) is 63.9 Å². The van der Waals surface area contributed by atoms with Gasteiger partial charge in [0, 0.05) is 6.20 Å². The first-order chi connectivity index (χ1) is 10.6. The first-order valence-corrected chi connectivity index (χ1v) is 7.15. The summed E-state index contributed by atoms with van der Waals surface area (Å²) in [4.78, 5) is 15.5. The van der Waals surface area contributed by atoms with Crippen LogP contribution in [0.3, 0.4) is 0 Å². The number of nitrogens with zero attached hydrogens (tertiary/aromatic N) is 1. The fourth-order valence-electron chi connectivity index (χ4n) is 1.52. The number of carbonyl (C=O) groups is 1. The van der Waals surface area contributed by atoms with Crippen molar-refractivity contribution in [1.82, 2.24) is 10.3 Å². The molecule has 0 fully saturated rings. The second-order valence-electron chi connectivity index (χ2n) is 4.20. The van der Waals surface area contributed by atoms with Crippen LogP contribution in [0.15, 0.2) is 42.6 Å². The molecule has 1 N–H and O–H groups in total. The maximum atomic E-state index is 11.5. The number of ether oxygens (including phenoxy) is 1. The summed E-state index contributed by atoms with van der Waals surface area (Å²) in [6.07, 6.45) is 0.923. The molecule has 4 nitrogen and oxygen atoms in total. The van der Waals surface area contributed by atoms with Gasteiger partial charge in [-0.3, -0.25) is 0 Å². The molecular formula is C16H12Cl2N2O2. The first-order valence-electron chi connectivity index (χ1n) is 6.39. The van der Waals surface area contributed by atoms with Crippen LogP contribution in [-0.4, -0.2) is 17.6 Å². The Kier molecular flexibility index (Phi) is 6.08. The maximum absolute atomic E-state index is 11.5. The molecule has 1 aromatic carbocycles. The number of rotatable bonds is 3. The fraction of sp³-hybridized carbons (Fsp3) is 0.125. The van der Waals surface area contributed by atoms with Gasteiger partial charge in [0.25, 0.3) is 0 Å². The zero-order chi connectivity index (χ0) is 15.8. The Morgan fingerprint density at radius 1 is 1.27 bits per heavy atom. The minimum atomic E-state index is -0.534. The van der Waals surface area contributed by atoms with Crippen LogP contribution in [0.2, 0.25) is 10.0 Å². The van der Waals surface area contributed by atoms with E-state index in [1.54, 1.807) is 6.07 Å². The Bertz CT molecular complexity index is 709.